The molecule has 1 aliphatic heterocycles. The predicted molar refractivity (Wildman–Crippen MR) is 89.7 cm³/mol. The highest BCUT2D eigenvalue weighted by Crippen LogP contribution is 2.30. The molecule has 0 radical (unpaired) electrons. The molecule has 2 aromatic rings. The molecule has 2 aromatic heterocycles. The molecule has 3 rings (SSSR count). The van der Waals surface area contributed by atoms with E-state index in [1.807, 2.05) is 11.6 Å². The van der Waals surface area contributed by atoms with Crippen molar-refractivity contribution in [3.63, 3.8) is 0 Å². The molecule has 1 fully saturated rings. The molecule has 0 spiro atoms. The van der Waals surface area contributed by atoms with Crippen LogP contribution < -0.4 is 0 Å². The molecule has 0 aliphatic carbocycles. The van der Waals surface area contributed by atoms with E-state index in [1.54, 1.807) is 6.07 Å². The second-order valence-electron chi connectivity index (χ2n) is 6.42. The first kappa shape index (κ1) is 16.4. The second-order valence-corrected chi connectivity index (χ2v) is 9.68. The number of aromatic nitrogens is 2. The van der Waals surface area contributed by atoms with Crippen molar-refractivity contribution in [1.29, 1.82) is 0 Å². The number of ether oxygens (including phenoxy) is 1. The summed E-state index contributed by atoms with van der Waals surface area (Å²) in [5, 5.41) is 5.47. The van der Waals surface area contributed by atoms with E-state index in [9.17, 15) is 13.2 Å². The SMILES string of the molecule is Cc1nn(CC(C)C)c2sc(C(=O)O[C@@H]3CCS(=O)(=O)C3)cc12. The first-order chi connectivity index (χ1) is 10.7. The van der Waals surface area contributed by atoms with E-state index in [4.69, 9.17) is 4.74 Å². The van der Waals surface area contributed by atoms with Crippen LogP contribution in [0.3, 0.4) is 0 Å². The number of sulfone groups is 1. The quantitative estimate of drug-likeness (QED) is 0.786. The average molecular weight is 356 g/mol. The van der Waals surface area contributed by atoms with Gasteiger partial charge < -0.3 is 4.74 Å². The summed E-state index contributed by atoms with van der Waals surface area (Å²) in [6.45, 7) is 6.95. The summed E-state index contributed by atoms with van der Waals surface area (Å²) in [5.74, 6) is 0.0476. The largest absolute Gasteiger partial charge is 0.457 e. The van der Waals surface area contributed by atoms with Gasteiger partial charge in [0.25, 0.3) is 0 Å². The van der Waals surface area contributed by atoms with Crippen molar-refractivity contribution in [2.75, 3.05) is 11.5 Å². The number of fused-ring (bicyclic) bond motifs is 1. The van der Waals surface area contributed by atoms with Crippen molar-refractivity contribution < 1.29 is 17.9 Å². The lowest BCUT2D eigenvalue weighted by Crippen LogP contribution is -2.18. The normalized spacial score (nSPS) is 20.4. The fraction of sp³-hybridized carbons (Fsp3) is 0.600. The predicted octanol–water partition coefficient (Wildman–Crippen LogP) is 2.41. The third-order valence-electron chi connectivity index (χ3n) is 3.81. The van der Waals surface area contributed by atoms with Gasteiger partial charge in [-0.2, -0.15) is 5.10 Å². The van der Waals surface area contributed by atoms with Gasteiger partial charge in [0.2, 0.25) is 0 Å². The molecule has 8 heteroatoms. The van der Waals surface area contributed by atoms with Crippen molar-refractivity contribution in [3.05, 3.63) is 16.6 Å². The maximum absolute atomic E-state index is 12.3. The Kier molecular flexibility index (Phi) is 4.22. The molecule has 1 atom stereocenters. The highest BCUT2D eigenvalue weighted by molar-refractivity contribution is 7.91. The zero-order chi connectivity index (χ0) is 16.8. The summed E-state index contributed by atoms with van der Waals surface area (Å²) < 4.78 is 30.2. The number of hydrogen-bond acceptors (Lipinski definition) is 6. The summed E-state index contributed by atoms with van der Waals surface area (Å²) in [7, 11) is -3.05. The molecule has 0 bridgehead atoms. The molecule has 6 nitrogen and oxygen atoms in total. The molecular weight excluding hydrogens is 336 g/mol. The minimum Gasteiger partial charge on any atom is -0.457 e. The Balaban J connectivity index is 1.81. The molecule has 23 heavy (non-hydrogen) atoms. The molecule has 1 aliphatic rings. The van der Waals surface area contributed by atoms with Crippen molar-refractivity contribution in [3.8, 4) is 0 Å². The van der Waals surface area contributed by atoms with Crippen LogP contribution in [0.25, 0.3) is 10.2 Å². The van der Waals surface area contributed by atoms with Crippen molar-refractivity contribution >= 4 is 37.4 Å². The molecule has 0 N–H and O–H groups in total. The number of thiophene rings is 1. The zero-order valence-electron chi connectivity index (χ0n) is 13.4. The number of carbonyl (C=O) groups excluding carboxylic acids is 1. The van der Waals surface area contributed by atoms with E-state index < -0.39 is 21.9 Å². The van der Waals surface area contributed by atoms with Gasteiger partial charge in [-0.1, -0.05) is 13.8 Å². The molecule has 0 saturated carbocycles. The lowest BCUT2D eigenvalue weighted by atomic mass is 10.2. The molecule has 0 amide bonds. The molecule has 126 valence electrons. The highest BCUT2D eigenvalue weighted by Gasteiger charge is 2.31. The minimum absolute atomic E-state index is 0.0657. The fourth-order valence-electron chi connectivity index (χ4n) is 2.75. The average Bonchev–Trinajstić information content (AvgIpc) is 3.07. The Labute approximate surface area is 139 Å². The van der Waals surface area contributed by atoms with Gasteiger partial charge in [-0.25, -0.2) is 13.2 Å². The highest BCUT2D eigenvalue weighted by atomic mass is 32.2. The van der Waals surface area contributed by atoms with Crippen molar-refractivity contribution in [2.45, 2.75) is 39.8 Å². The van der Waals surface area contributed by atoms with E-state index in [0.717, 1.165) is 22.5 Å². The van der Waals surface area contributed by atoms with Gasteiger partial charge in [0.1, 0.15) is 15.8 Å². The third-order valence-corrected chi connectivity index (χ3v) is 6.68. The van der Waals surface area contributed by atoms with Crippen LogP contribution in [0.5, 0.6) is 0 Å². The van der Waals surface area contributed by atoms with Crippen molar-refractivity contribution in [1.82, 2.24) is 9.78 Å². The van der Waals surface area contributed by atoms with Crippen LogP contribution in [-0.2, 0) is 21.1 Å². The van der Waals surface area contributed by atoms with Gasteiger partial charge in [0, 0.05) is 11.9 Å². The zero-order valence-corrected chi connectivity index (χ0v) is 15.0. The van der Waals surface area contributed by atoms with Crippen LogP contribution in [0.15, 0.2) is 6.07 Å². The summed E-state index contributed by atoms with van der Waals surface area (Å²) in [6.07, 6.45) is -0.134. The van der Waals surface area contributed by atoms with Gasteiger partial charge in [0.05, 0.1) is 17.2 Å². The summed E-state index contributed by atoms with van der Waals surface area (Å²) >= 11 is 1.35. The summed E-state index contributed by atoms with van der Waals surface area (Å²) in [4.78, 5) is 13.8. The van der Waals surface area contributed by atoms with E-state index in [-0.39, 0.29) is 11.5 Å². The number of aryl methyl sites for hydroxylation is 1. The monoisotopic (exact) mass is 356 g/mol. The second kappa shape index (κ2) is 5.90. The number of hydrogen-bond donors (Lipinski definition) is 0. The number of rotatable bonds is 4. The molecule has 0 unspecified atom stereocenters. The van der Waals surface area contributed by atoms with Crippen LogP contribution in [0.2, 0.25) is 0 Å². The van der Waals surface area contributed by atoms with Crippen LogP contribution in [0.1, 0.15) is 35.6 Å². The first-order valence-electron chi connectivity index (χ1n) is 7.63. The van der Waals surface area contributed by atoms with Gasteiger partial charge in [-0.05, 0) is 25.3 Å². The summed E-state index contributed by atoms with van der Waals surface area (Å²) in [6, 6.07) is 1.80. The van der Waals surface area contributed by atoms with Gasteiger partial charge in [-0.3, -0.25) is 4.68 Å². The number of esters is 1. The van der Waals surface area contributed by atoms with Crippen LogP contribution >= 0.6 is 11.3 Å². The van der Waals surface area contributed by atoms with Crippen molar-refractivity contribution in [2.24, 2.45) is 5.92 Å². The standard InChI is InChI=1S/C15H20N2O4S2/c1-9(2)7-17-14-12(10(3)16-17)6-13(22-14)15(18)21-11-4-5-23(19,20)8-11/h6,9,11H,4-5,7-8H2,1-3H3/t11-/m1/s1. The van der Waals surface area contributed by atoms with Gasteiger partial charge >= 0.3 is 5.97 Å². The lowest BCUT2D eigenvalue weighted by Gasteiger charge is -2.08. The summed E-state index contributed by atoms with van der Waals surface area (Å²) in [5.41, 5.74) is 0.888. The van der Waals surface area contributed by atoms with Gasteiger partial charge in [-0.15, -0.1) is 11.3 Å². The number of nitrogens with zero attached hydrogens (tertiary/aromatic N) is 2. The molecule has 1 saturated heterocycles. The Hall–Kier alpha value is -1.41. The van der Waals surface area contributed by atoms with Crippen LogP contribution in [-0.4, -0.2) is 41.8 Å². The smallest absolute Gasteiger partial charge is 0.348 e. The maximum Gasteiger partial charge on any atom is 0.348 e. The molecule has 0 aromatic carbocycles. The van der Waals surface area contributed by atoms with E-state index in [2.05, 4.69) is 18.9 Å². The number of carbonyl (C=O) groups is 1. The van der Waals surface area contributed by atoms with E-state index in [0.29, 0.717) is 17.2 Å². The lowest BCUT2D eigenvalue weighted by molar-refractivity contribution is 0.0362. The topological polar surface area (TPSA) is 78.3 Å². The molecular formula is C15H20N2O4S2. The van der Waals surface area contributed by atoms with E-state index >= 15 is 0 Å². The van der Waals surface area contributed by atoms with Crippen LogP contribution in [0, 0.1) is 12.8 Å². The van der Waals surface area contributed by atoms with Gasteiger partial charge in [0.15, 0.2) is 9.84 Å². The first-order valence-corrected chi connectivity index (χ1v) is 10.3. The maximum atomic E-state index is 12.3. The Bertz CT molecular complexity index is 848. The molecule has 3 heterocycles. The Morgan fingerprint density at radius 3 is 2.87 bits per heavy atom. The minimum atomic E-state index is -3.05. The third kappa shape index (κ3) is 3.42. The fourth-order valence-corrected chi connectivity index (χ4v) is 5.39. The Morgan fingerprint density at radius 2 is 2.26 bits per heavy atom. The van der Waals surface area contributed by atoms with Crippen LogP contribution in [0.4, 0.5) is 0 Å². The Morgan fingerprint density at radius 1 is 1.52 bits per heavy atom. The van der Waals surface area contributed by atoms with E-state index in [1.165, 1.54) is 11.3 Å².